The summed E-state index contributed by atoms with van der Waals surface area (Å²) in [6, 6.07) is 6.36. The zero-order valence-corrected chi connectivity index (χ0v) is 6.01. The van der Waals surface area contributed by atoms with Gasteiger partial charge in [-0.2, -0.15) is 4.99 Å². The highest BCUT2D eigenvalue weighted by molar-refractivity contribution is 5.54. The third kappa shape index (κ3) is 1.95. The van der Waals surface area contributed by atoms with Crippen LogP contribution in [0.25, 0.3) is 10.4 Å². The van der Waals surface area contributed by atoms with Crippen LogP contribution in [0.1, 0.15) is 0 Å². The first-order valence-corrected chi connectivity index (χ1v) is 3.10. The van der Waals surface area contributed by atoms with Crippen molar-refractivity contribution in [2.75, 3.05) is 0 Å². The molecule has 0 radical (unpaired) electrons. The number of aliphatic imine (C=N–C) groups is 1. The number of hydrogen-bond acceptors (Lipinski definition) is 3. The van der Waals surface area contributed by atoms with Crippen molar-refractivity contribution in [3.63, 3.8) is 0 Å². The molecule has 0 unspecified atom stereocenters. The minimum atomic E-state index is 0.425. The lowest BCUT2D eigenvalue weighted by molar-refractivity contribution is 0.565. The maximum atomic E-state index is 9.85. The number of isocyanates is 1. The summed E-state index contributed by atoms with van der Waals surface area (Å²) in [7, 11) is 0. The van der Waals surface area contributed by atoms with Crippen molar-refractivity contribution in [1.29, 1.82) is 0 Å². The zero-order chi connectivity index (χ0) is 8.81. The van der Waals surface area contributed by atoms with Gasteiger partial charge in [0.15, 0.2) is 0 Å². The summed E-state index contributed by atoms with van der Waals surface area (Å²) < 4.78 is 0. The summed E-state index contributed by atoms with van der Waals surface area (Å²) in [6.45, 7) is 0. The molecule has 5 heteroatoms. The molecule has 0 spiro atoms. The van der Waals surface area contributed by atoms with Gasteiger partial charge in [-0.05, 0) is 17.7 Å². The average molecular weight is 160 g/mol. The highest BCUT2D eigenvalue weighted by Gasteiger charge is 1.89. The van der Waals surface area contributed by atoms with Crippen LogP contribution < -0.4 is 0 Å². The van der Waals surface area contributed by atoms with Crippen molar-refractivity contribution in [3.05, 3.63) is 34.7 Å². The van der Waals surface area contributed by atoms with E-state index in [9.17, 15) is 4.79 Å². The predicted octanol–water partition coefficient (Wildman–Crippen LogP) is 2.60. The van der Waals surface area contributed by atoms with Gasteiger partial charge in [0.2, 0.25) is 6.08 Å². The highest BCUT2D eigenvalue weighted by Crippen LogP contribution is 2.19. The molecule has 1 aromatic carbocycles. The van der Waals surface area contributed by atoms with Crippen LogP contribution in [0.2, 0.25) is 0 Å². The van der Waals surface area contributed by atoms with Crippen molar-refractivity contribution in [2.45, 2.75) is 0 Å². The van der Waals surface area contributed by atoms with E-state index >= 15 is 0 Å². The summed E-state index contributed by atoms with van der Waals surface area (Å²) in [4.78, 5) is 15.8. The van der Waals surface area contributed by atoms with E-state index in [1.165, 1.54) is 12.1 Å². The molecule has 5 nitrogen and oxygen atoms in total. The number of azide groups is 1. The van der Waals surface area contributed by atoms with E-state index in [1.807, 2.05) is 0 Å². The molecular weight excluding hydrogens is 156 g/mol. The first-order valence-electron chi connectivity index (χ1n) is 3.10. The van der Waals surface area contributed by atoms with Gasteiger partial charge in [-0.25, -0.2) is 4.79 Å². The molecule has 0 saturated carbocycles. The Bertz CT molecular complexity index is 341. The Morgan fingerprint density at radius 3 is 2.83 bits per heavy atom. The van der Waals surface area contributed by atoms with Crippen LogP contribution in [0.5, 0.6) is 0 Å². The maximum absolute atomic E-state index is 9.85. The van der Waals surface area contributed by atoms with Crippen molar-refractivity contribution in [1.82, 2.24) is 0 Å². The standard InChI is InChI=1S/C7H4N4O/c8-11-10-7-3-1-2-6(4-7)9-5-12/h1-4H. The Balaban J connectivity index is 3.11. The van der Waals surface area contributed by atoms with E-state index in [1.54, 1.807) is 18.2 Å². The van der Waals surface area contributed by atoms with Crippen molar-refractivity contribution < 1.29 is 4.79 Å². The van der Waals surface area contributed by atoms with E-state index in [0.717, 1.165) is 0 Å². The second kappa shape index (κ2) is 3.93. The Labute approximate surface area is 68.0 Å². The van der Waals surface area contributed by atoms with Gasteiger partial charge in [-0.15, -0.1) is 0 Å². The van der Waals surface area contributed by atoms with Gasteiger partial charge in [0.05, 0.1) is 5.69 Å². The fourth-order valence-electron chi connectivity index (χ4n) is 0.729. The Morgan fingerprint density at radius 2 is 2.17 bits per heavy atom. The summed E-state index contributed by atoms with van der Waals surface area (Å²) in [5, 5.41) is 3.34. The molecule has 0 aromatic heterocycles. The van der Waals surface area contributed by atoms with Gasteiger partial charge in [0.1, 0.15) is 0 Å². The molecule has 58 valence electrons. The molecule has 0 amide bonds. The molecule has 0 atom stereocenters. The largest absolute Gasteiger partial charge is 0.240 e. The number of rotatable bonds is 2. The van der Waals surface area contributed by atoms with Crippen molar-refractivity contribution in [3.8, 4) is 0 Å². The smallest absolute Gasteiger partial charge is 0.211 e. The van der Waals surface area contributed by atoms with Crippen LogP contribution in [0.3, 0.4) is 0 Å². The Hall–Kier alpha value is -2.09. The van der Waals surface area contributed by atoms with E-state index in [4.69, 9.17) is 5.53 Å². The fraction of sp³-hybridized carbons (Fsp3) is 0. The SMILES string of the molecule is [N-]=[N+]=Nc1cccc(N=C=O)c1. The first-order chi connectivity index (χ1) is 5.86. The molecule has 0 N–H and O–H groups in total. The molecule has 0 aliphatic carbocycles. The first kappa shape index (κ1) is 8.01. The summed E-state index contributed by atoms with van der Waals surface area (Å²) in [5.74, 6) is 0. The van der Waals surface area contributed by atoms with Gasteiger partial charge in [-0.3, -0.25) is 0 Å². The monoisotopic (exact) mass is 160 g/mol. The molecule has 12 heavy (non-hydrogen) atoms. The molecule has 0 bridgehead atoms. The van der Waals surface area contributed by atoms with Crippen LogP contribution >= 0.6 is 0 Å². The maximum Gasteiger partial charge on any atom is 0.240 e. The van der Waals surface area contributed by atoms with E-state index in [2.05, 4.69) is 15.0 Å². The average Bonchev–Trinajstić information content (AvgIpc) is 2.06. The Kier molecular flexibility index (Phi) is 2.62. The van der Waals surface area contributed by atoms with Crippen LogP contribution in [0, 0.1) is 0 Å². The van der Waals surface area contributed by atoms with Gasteiger partial charge in [0, 0.05) is 10.6 Å². The fourth-order valence-corrected chi connectivity index (χ4v) is 0.729. The van der Waals surface area contributed by atoms with Crippen LogP contribution in [-0.4, -0.2) is 6.08 Å². The molecule has 0 aliphatic heterocycles. The van der Waals surface area contributed by atoms with Gasteiger partial charge in [0.25, 0.3) is 0 Å². The lowest BCUT2D eigenvalue weighted by atomic mass is 10.3. The highest BCUT2D eigenvalue weighted by atomic mass is 16.1. The molecule has 0 heterocycles. The van der Waals surface area contributed by atoms with Crippen LogP contribution in [0.4, 0.5) is 11.4 Å². The molecule has 1 aromatic rings. The van der Waals surface area contributed by atoms with Gasteiger partial charge >= 0.3 is 0 Å². The molecule has 0 saturated heterocycles. The quantitative estimate of drug-likeness (QED) is 0.215. The zero-order valence-electron chi connectivity index (χ0n) is 6.01. The Morgan fingerprint density at radius 1 is 1.42 bits per heavy atom. The van der Waals surface area contributed by atoms with Crippen molar-refractivity contribution in [2.24, 2.45) is 10.1 Å². The lowest BCUT2D eigenvalue weighted by Gasteiger charge is -1.90. The minimum Gasteiger partial charge on any atom is -0.211 e. The van der Waals surface area contributed by atoms with Crippen LogP contribution in [0.15, 0.2) is 34.4 Å². The summed E-state index contributed by atoms with van der Waals surface area (Å²) >= 11 is 0. The third-order valence-electron chi connectivity index (χ3n) is 1.16. The lowest BCUT2D eigenvalue weighted by Crippen LogP contribution is -1.63. The topological polar surface area (TPSA) is 78.2 Å². The number of benzene rings is 1. The van der Waals surface area contributed by atoms with E-state index in [-0.39, 0.29) is 0 Å². The van der Waals surface area contributed by atoms with Crippen LogP contribution in [-0.2, 0) is 4.79 Å². The molecule has 0 aliphatic rings. The second-order valence-electron chi connectivity index (χ2n) is 1.91. The second-order valence-corrected chi connectivity index (χ2v) is 1.91. The number of carbonyl (C=O) groups excluding carboxylic acids is 1. The number of hydrogen-bond donors (Lipinski definition) is 0. The number of nitrogens with zero attached hydrogens (tertiary/aromatic N) is 4. The minimum absolute atomic E-state index is 0.425. The van der Waals surface area contributed by atoms with Crippen molar-refractivity contribution >= 4 is 17.5 Å². The molecule has 0 fully saturated rings. The molecule has 1 rings (SSSR count). The summed E-state index contributed by atoms with van der Waals surface area (Å²) in [5.41, 5.74) is 8.94. The third-order valence-corrected chi connectivity index (χ3v) is 1.16. The normalized spacial score (nSPS) is 8.00. The van der Waals surface area contributed by atoms with Gasteiger partial charge < -0.3 is 0 Å². The van der Waals surface area contributed by atoms with Gasteiger partial charge in [-0.1, -0.05) is 17.2 Å². The van der Waals surface area contributed by atoms with E-state index in [0.29, 0.717) is 11.4 Å². The van der Waals surface area contributed by atoms with E-state index < -0.39 is 0 Å². The summed E-state index contributed by atoms with van der Waals surface area (Å²) in [6.07, 6.45) is 1.39. The molecular formula is C7H4N4O. The predicted molar refractivity (Wildman–Crippen MR) is 43.0 cm³/mol.